The lowest BCUT2D eigenvalue weighted by atomic mass is 10.0. The van der Waals surface area contributed by atoms with Gasteiger partial charge in [-0.3, -0.25) is 0 Å². The Hall–Kier alpha value is -0.773. The van der Waals surface area contributed by atoms with E-state index < -0.39 is 41.3 Å². The van der Waals surface area contributed by atoms with Crippen LogP contribution in [0, 0.1) is 5.92 Å². The molecule has 176 valence electrons. The molecule has 31 heavy (non-hydrogen) atoms. The molecule has 1 saturated carbocycles. The fraction of sp³-hybridized carbons (Fsp3) is 0.739. The maximum Gasteiger partial charge on any atom is 0.192 e. The highest BCUT2D eigenvalue weighted by Gasteiger charge is 2.51. The van der Waals surface area contributed by atoms with Gasteiger partial charge < -0.3 is 19.6 Å². The highest BCUT2D eigenvalue weighted by molar-refractivity contribution is 7.92. The van der Waals surface area contributed by atoms with E-state index in [0.29, 0.717) is 17.9 Å². The Labute approximate surface area is 188 Å². The summed E-state index contributed by atoms with van der Waals surface area (Å²) in [6, 6.07) is 7.90. The molecule has 6 nitrogen and oxygen atoms in total. The molecule has 1 saturated heterocycles. The van der Waals surface area contributed by atoms with Crippen LogP contribution < -0.4 is 5.73 Å². The minimum atomic E-state index is -3.63. The molecule has 0 bridgehead atoms. The molecular formula is C23H39NO5SSi. The van der Waals surface area contributed by atoms with Crippen molar-refractivity contribution >= 4 is 18.2 Å². The van der Waals surface area contributed by atoms with Crippen LogP contribution in [0.1, 0.15) is 47.5 Å². The minimum Gasteiger partial charge on any atom is -0.414 e. The van der Waals surface area contributed by atoms with Crippen molar-refractivity contribution in [2.75, 3.05) is 6.61 Å². The van der Waals surface area contributed by atoms with E-state index in [4.69, 9.17) is 19.6 Å². The number of hydrogen-bond acceptors (Lipinski definition) is 6. The van der Waals surface area contributed by atoms with Crippen LogP contribution >= 0.6 is 0 Å². The van der Waals surface area contributed by atoms with Crippen LogP contribution in [0.3, 0.4) is 0 Å². The van der Waals surface area contributed by atoms with Crippen molar-refractivity contribution in [3.63, 3.8) is 0 Å². The van der Waals surface area contributed by atoms with E-state index in [2.05, 4.69) is 33.9 Å². The smallest absolute Gasteiger partial charge is 0.192 e. The van der Waals surface area contributed by atoms with E-state index in [0.717, 1.165) is 6.42 Å². The molecule has 5 atom stereocenters. The van der Waals surface area contributed by atoms with Gasteiger partial charge in [0.15, 0.2) is 23.9 Å². The van der Waals surface area contributed by atoms with Crippen molar-refractivity contribution < 1.29 is 22.3 Å². The predicted molar refractivity (Wildman–Crippen MR) is 125 cm³/mol. The monoisotopic (exact) mass is 469 g/mol. The molecule has 2 aliphatic rings. The topological polar surface area (TPSA) is 87.9 Å². The summed E-state index contributed by atoms with van der Waals surface area (Å²) in [5.41, 5.74) is 6.57. The summed E-state index contributed by atoms with van der Waals surface area (Å²) < 4.78 is 45.3. The van der Waals surface area contributed by atoms with Crippen LogP contribution in [-0.2, 0) is 23.7 Å². The zero-order valence-electron chi connectivity index (χ0n) is 19.9. The molecule has 1 aromatic rings. The van der Waals surface area contributed by atoms with Crippen LogP contribution in [-0.4, -0.2) is 52.6 Å². The van der Waals surface area contributed by atoms with Gasteiger partial charge in [0, 0.05) is 6.10 Å². The third kappa shape index (κ3) is 5.60. The Bertz CT molecular complexity index is 866. The first-order valence-corrected chi connectivity index (χ1v) is 15.6. The summed E-state index contributed by atoms with van der Waals surface area (Å²) in [6.45, 7) is 15.1. The molecular weight excluding hydrogens is 430 g/mol. The maximum absolute atomic E-state index is 13.6. The first-order chi connectivity index (χ1) is 14.1. The molecule has 0 spiro atoms. The minimum absolute atomic E-state index is 0.110. The van der Waals surface area contributed by atoms with Crippen LogP contribution in [0.2, 0.25) is 18.1 Å². The van der Waals surface area contributed by atoms with Gasteiger partial charge in [0.1, 0.15) is 6.10 Å². The zero-order chi connectivity index (χ0) is 23.2. The van der Waals surface area contributed by atoms with Crippen molar-refractivity contribution in [3.8, 4) is 0 Å². The molecule has 2 fully saturated rings. The Morgan fingerprint density at radius 1 is 1.23 bits per heavy atom. The van der Waals surface area contributed by atoms with Crippen LogP contribution in [0.15, 0.2) is 35.2 Å². The van der Waals surface area contributed by atoms with Crippen LogP contribution in [0.4, 0.5) is 0 Å². The lowest BCUT2D eigenvalue weighted by molar-refractivity contribution is -0.140. The molecule has 1 heterocycles. The molecule has 0 amide bonds. The van der Waals surface area contributed by atoms with Gasteiger partial charge in [0.25, 0.3) is 0 Å². The van der Waals surface area contributed by atoms with Crippen molar-refractivity contribution in [2.24, 2.45) is 11.7 Å². The largest absolute Gasteiger partial charge is 0.414 e. The van der Waals surface area contributed by atoms with E-state index in [1.807, 2.05) is 19.9 Å². The molecule has 1 aliphatic heterocycles. The number of nitrogens with two attached hydrogens (primary N) is 1. The van der Waals surface area contributed by atoms with Crippen LogP contribution in [0.5, 0.6) is 0 Å². The zero-order valence-corrected chi connectivity index (χ0v) is 21.7. The molecule has 0 radical (unpaired) electrons. The van der Waals surface area contributed by atoms with Gasteiger partial charge in [-0.25, -0.2) is 8.42 Å². The lowest BCUT2D eigenvalue weighted by Gasteiger charge is -2.36. The number of hydrogen-bond donors (Lipinski definition) is 1. The average Bonchev–Trinajstić information content (AvgIpc) is 3.27. The summed E-state index contributed by atoms with van der Waals surface area (Å²) in [4.78, 5) is 0.302. The van der Waals surface area contributed by atoms with Gasteiger partial charge in [0.05, 0.1) is 22.8 Å². The standard InChI is InChI=1S/C23H39NO5SSi/c1-22(2,3)31(6,7)29-18-13-16(18)14-20(21(24)19-15-27-23(4,5)28-19)30(25,26)17-11-9-8-10-12-17/h8-12,16,18-21H,13-15,24H2,1-7H3/t16-,18-,19-,20-,21?/m1/s1. The second-order valence-electron chi connectivity index (χ2n) is 11.0. The number of ether oxygens (including phenoxy) is 2. The van der Waals surface area contributed by atoms with Gasteiger partial charge in [0.2, 0.25) is 0 Å². The fourth-order valence-electron chi connectivity index (χ4n) is 3.89. The van der Waals surface area contributed by atoms with Crippen LogP contribution in [0.25, 0.3) is 0 Å². The van der Waals surface area contributed by atoms with E-state index in [-0.39, 0.29) is 17.1 Å². The highest BCUT2D eigenvalue weighted by Crippen LogP contribution is 2.46. The SMILES string of the molecule is CC1(C)OC[C@H](C(N)[C@@H](C[C@H]2C[C@H]2O[Si](C)(C)C(C)(C)C)S(=O)(=O)c2ccccc2)O1. The second kappa shape index (κ2) is 8.54. The second-order valence-corrected chi connectivity index (χ2v) is 17.9. The van der Waals surface area contributed by atoms with Crippen molar-refractivity contribution in [3.05, 3.63) is 30.3 Å². The third-order valence-electron chi connectivity index (χ3n) is 7.00. The molecule has 1 unspecified atom stereocenters. The van der Waals surface area contributed by atoms with E-state index >= 15 is 0 Å². The first kappa shape index (κ1) is 24.9. The normalized spacial score (nSPS) is 28.3. The molecule has 1 aliphatic carbocycles. The highest BCUT2D eigenvalue weighted by atomic mass is 32.2. The average molecular weight is 470 g/mol. The van der Waals surface area contributed by atoms with E-state index in [9.17, 15) is 8.42 Å². The molecule has 0 aromatic heterocycles. The van der Waals surface area contributed by atoms with Crippen molar-refractivity contribution in [1.29, 1.82) is 0 Å². The summed E-state index contributed by atoms with van der Waals surface area (Å²) in [5, 5.41) is -0.637. The fourth-order valence-corrected chi connectivity index (χ4v) is 7.26. The quantitative estimate of drug-likeness (QED) is 0.577. The number of sulfone groups is 1. The summed E-state index contributed by atoms with van der Waals surface area (Å²) in [6.07, 6.45) is 1.00. The Balaban J connectivity index is 1.79. The Kier molecular flexibility index (Phi) is 6.85. The molecule has 1 aromatic carbocycles. The summed E-state index contributed by atoms with van der Waals surface area (Å²) in [5.74, 6) is -0.560. The van der Waals surface area contributed by atoms with Crippen molar-refractivity contribution in [1.82, 2.24) is 0 Å². The van der Waals surface area contributed by atoms with E-state index in [1.54, 1.807) is 24.3 Å². The van der Waals surface area contributed by atoms with Gasteiger partial charge in [-0.1, -0.05) is 39.0 Å². The van der Waals surface area contributed by atoms with E-state index in [1.165, 1.54) is 0 Å². The number of benzene rings is 1. The van der Waals surface area contributed by atoms with Gasteiger partial charge in [-0.05, 0) is 62.9 Å². The Morgan fingerprint density at radius 3 is 2.35 bits per heavy atom. The van der Waals surface area contributed by atoms with Gasteiger partial charge in [-0.2, -0.15) is 0 Å². The first-order valence-electron chi connectivity index (χ1n) is 11.2. The maximum atomic E-state index is 13.6. The molecule has 2 N–H and O–H groups in total. The predicted octanol–water partition coefficient (Wildman–Crippen LogP) is 4.11. The number of rotatable bonds is 8. The Morgan fingerprint density at radius 2 is 1.84 bits per heavy atom. The summed E-state index contributed by atoms with van der Waals surface area (Å²) >= 11 is 0. The van der Waals surface area contributed by atoms with Crippen molar-refractivity contribution in [2.45, 2.75) is 99.8 Å². The lowest BCUT2D eigenvalue weighted by Crippen LogP contribution is -2.50. The van der Waals surface area contributed by atoms with Gasteiger partial charge in [-0.15, -0.1) is 0 Å². The van der Waals surface area contributed by atoms with Gasteiger partial charge >= 0.3 is 0 Å². The summed E-state index contributed by atoms with van der Waals surface area (Å²) in [7, 11) is -5.54. The molecule has 3 rings (SSSR count). The third-order valence-corrected chi connectivity index (χ3v) is 13.7. The molecule has 8 heteroatoms.